The molecule has 1 fully saturated rings. The minimum absolute atomic E-state index is 0.202. The summed E-state index contributed by atoms with van der Waals surface area (Å²) in [7, 11) is 1.79. The molecule has 1 atom stereocenters. The van der Waals surface area contributed by atoms with Gasteiger partial charge >= 0.3 is 0 Å². The SMILES string of the molecule is CCOCCOc1cc(C)ccc1CNC(=NC)NCC(c1ccco1)N1CCCC1. The molecule has 170 valence electrons. The van der Waals surface area contributed by atoms with Gasteiger partial charge in [-0.25, -0.2) is 0 Å². The van der Waals surface area contributed by atoms with Crippen LogP contribution in [-0.2, 0) is 11.3 Å². The predicted octanol–water partition coefficient (Wildman–Crippen LogP) is 3.51. The molecule has 0 spiro atoms. The molecule has 3 rings (SSSR count). The first-order valence-corrected chi connectivity index (χ1v) is 11.2. The minimum Gasteiger partial charge on any atom is -0.491 e. The number of aryl methyl sites for hydroxylation is 1. The molecular formula is C24H36N4O3. The number of hydrogen-bond acceptors (Lipinski definition) is 5. The lowest BCUT2D eigenvalue weighted by Gasteiger charge is -2.26. The van der Waals surface area contributed by atoms with E-state index in [0.717, 1.165) is 42.7 Å². The van der Waals surface area contributed by atoms with Crippen molar-refractivity contribution in [2.24, 2.45) is 4.99 Å². The van der Waals surface area contributed by atoms with Crippen LogP contribution < -0.4 is 15.4 Å². The Kier molecular flexibility index (Phi) is 9.24. The highest BCUT2D eigenvalue weighted by atomic mass is 16.5. The average molecular weight is 429 g/mol. The lowest BCUT2D eigenvalue weighted by atomic mass is 10.1. The minimum atomic E-state index is 0.202. The standard InChI is InChI=1S/C24H36N4O3/c1-4-29-14-15-31-23-16-19(2)9-10-20(23)17-26-24(25-3)27-18-21(22-8-7-13-30-22)28-11-5-6-12-28/h7-10,13,16,21H,4-6,11-12,14-15,17-18H2,1-3H3,(H2,25,26,27). The van der Waals surface area contributed by atoms with Crippen LogP contribution in [0.4, 0.5) is 0 Å². The molecule has 1 aliphatic heterocycles. The van der Waals surface area contributed by atoms with E-state index in [1.807, 2.05) is 13.0 Å². The molecule has 0 saturated carbocycles. The van der Waals surface area contributed by atoms with E-state index >= 15 is 0 Å². The summed E-state index contributed by atoms with van der Waals surface area (Å²) in [5.74, 6) is 2.64. The second-order valence-corrected chi connectivity index (χ2v) is 7.74. The Bertz CT molecular complexity index is 801. The van der Waals surface area contributed by atoms with E-state index in [1.165, 1.54) is 18.4 Å². The van der Waals surface area contributed by atoms with Gasteiger partial charge in [-0.3, -0.25) is 9.89 Å². The van der Waals surface area contributed by atoms with E-state index < -0.39 is 0 Å². The molecule has 7 nitrogen and oxygen atoms in total. The molecule has 1 saturated heterocycles. The van der Waals surface area contributed by atoms with Crippen molar-refractivity contribution in [2.45, 2.75) is 39.3 Å². The Labute approximate surface area is 185 Å². The average Bonchev–Trinajstić information content (AvgIpc) is 3.49. The third kappa shape index (κ3) is 7.01. The Morgan fingerprint density at radius 1 is 1.19 bits per heavy atom. The van der Waals surface area contributed by atoms with E-state index in [9.17, 15) is 0 Å². The monoisotopic (exact) mass is 428 g/mol. The first-order chi connectivity index (χ1) is 15.2. The van der Waals surface area contributed by atoms with Crippen LogP contribution >= 0.6 is 0 Å². The van der Waals surface area contributed by atoms with Crippen LogP contribution in [0.15, 0.2) is 46.0 Å². The summed E-state index contributed by atoms with van der Waals surface area (Å²) in [4.78, 5) is 6.88. The van der Waals surface area contributed by atoms with Crippen LogP contribution in [0.3, 0.4) is 0 Å². The fraction of sp³-hybridized carbons (Fsp3) is 0.542. The first kappa shape index (κ1) is 23.2. The highest BCUT2D eigenvalue weighted by Crippen LogP contribution is 2.25. The molecule has 2 N–H and O–H groups in total. The second kappa shape index (κ2) is 12.4. The van der Waals surface area contributed by atoms with Crippen LogP contribution in [-0.4, -0.2) is 57.4 Å². The van der Waals surface area contributed by atoms with Gasteiger partial charge in [-0.05, 0) is 63.5 Å². The summed E-state index contributed by atoms with van der Waals surface area (Å²) in [6.45, 7) is 9.45. The van der Waals surface area contributed by atoms with Gasteiger partial charge in [0.05, 0.1) is 18.9 Å². The molecule has 0 amide bonds. The van der Waals surface area contributed by atoms with Crippen LogP contribution in [0.1, 0.15) is 42.7 Å². The Hall–Kier alpha value is -2.51. The lowest BCUT2D eigenvalue weighted by molar-refractivity contribution is 0.110. The number of benzene rings is 1. The maximum absolute atomic E-state index is 5.96. The number of rotatable bonds is 11. The number of ether oxygens (including phenoxy) is 2. The number of nitrogens with zero attached hydrogens (tertiary/aromatic N) is 2. The number of furan rings is 1. The van der Waals surface area contributed by atoms with Crippen LogP contribution in [0.5, 0.6) is 5.75 Å². The molecule has 2 aromatic rings. The maximum atomic E-state index is 5.96. The summed E-state index contributed by atoms with van der Waals surface area (Å²) in [5, 5.41) is 6.89. The zero-order valence-electron chi connectivity index (χ0n) is 19.0. The largest absolute Gasteiger partial charge is 0.491 e. The van der Waals surface area contributed by atoms with E-state index in [1.54, 1.807) is 13.3 Å². The zero-order valence-corrected chi connectivity index (χ0v) is 19.0. The summed E-state index contributed by atoms with van der Waals surface area (Å²) in [5.41, 5.74) is 2.26. The smallest absolute Gasteiger partial charge is 0.191 e. The molecular weight excluding hydrogens is 392 g/mol. The van der Waals surface area contributed by atoms with Crippen molar-refractivity contribution in [1.82, 2.24) is 15.5 Å². The topological polar surface area (TPSA) is 71.3 Å². The van der Waals surface area contributed by atoms with Crippen molar-refractivity contribution in [3.05, 3.63) is 53.5 Å². The highest BCUT2D eigenvalue weighted by molar-refractivity contribution is 5.79. The summed E-state index contributed by atoms with van der Waals surface area (Å²) >= 11 is 0. The molecule has 1 aliphatic rings. The number of aliphatic imine (C=N–C) groups is 1. The molecule has 31 heavy (non-hydrogen) atoms. The van der Waals surface area contributed by atoms with Gasteiger partial charge < -0.3 is 24.5 Å². The molecule has 0 aliphatic carbocycles. The van der Waals surface area contributed by atoms with Crippen molar-refractivity contribution in [3.63, 3.8) is 0 Å². The third-order valence-corrected chi connectivity index (χ3v) is 5.50. The number of guanidine groups is 1. The molecule has 0 bridgehead atoms. The van der Waals surface area contributed by atoms with Crippen molar-refractivity contribution < 1.29 is 13.9 Å². The molecule has 1 aromatic carbocycles. The fourth-order valence-corrected chi connectivity index (χ4v) is 3.83. The van der Waals surface area contributed by atoms with Crippen molar-refractivity contribution in [1.29, 1.82) is 0 Å². The first-order valence-electron chi connectivity index (χ1n) is 11.2. The van der Waals surface area contributed by atoms with Crippen LogP contribution in [0.25, 0.3) is 0 Å². The van der Waals surface area contributed by atoms with E-state index in [0.29, 0.717) is 26.4 Å². The number of nitrogens with one attached hydrogen (secondary N) is 2. The van der Waals surface area contributed by atoms with E-state index in [2.05, 4.69) is 51.7 Å². The summed E-state index contributed by atoms with van der Waals surface area (Å²) in [6.07, 6.45) is 4.23. The quantitative estimate of drug-likeness (QED) is 0.324. The van der Waals surface area contributed by atoms with E-state index in [4.69, 9.17) is 13.9 Å². The van der Waals surface area contributed by atoms with Gasteiger partial charge in [0.1, 0.15) is 18.1 Å². The summed E-state index contributed by atoms with van der Waals surface area (Å²) < 4.78 is 17.1. The van der Waals surface area contributed by atoms with Gasteiger partial charge in [0.15, 0.2) is 5.96 Å². The van der Waals surface area contributed by atoms with Crippen molar-refractivity contribution in [3.8, 4) is 5.75 Å². The number of hydrogen-bond donors (Lipinski definition) is 2. The van der Waals surface area contributed by atoms with Crippen LogP contribution in [0.2, 0.25) is 0 Å². The van der Waals surface area contributed by atoms with Gasteiger partial charge in [-0.15, -0.1) is 0 Å². The number of likely N-dealkylation sites (tertiary alicyclic amines) is 1. The normalized spacial score (nSPS) is 15.8. The molecule has 2 heterocycles. The summed E-state index contributed by atoms with van der Waals surface area (Å²) in [6, 6.07) is 10.5. The Balaban J connectivity index is 1.56. The van der Waals surface area contributed by atoms with Gasteiger partial charge in [-0.2, -0.15) is 0 Å². The fourth-order valence-electron chi connectivity index (χ4n) is 3.83. The molecule has 1 unspecified atom stereocenters. The zero-order chi connectivity index (χ0) is 21.9. The van der Waals surface area contributed by atoms with Gasteiger partial charge in [-0.1, -0.05) is 12.1 Å². The van der Waals surface area contributed by atoms with Crippen molar-refractivity contribution >= 4 is 5.96 Å². The second-order valence-electron chi connectivity index (χ2n) is 7.74. The van der Waals surface area contributed by atoms with Gasteiger partial charge in [0.25, 0.3) is 0 Å². The van der Waals surface area contributed by atoms with Gasteiger partial charge in [0.2, 0.25) is 0 Å². The van der Waals surface area contributed by atoms with E-state index in [-0.39, 0.29) is 6.04 Å². The molecule has 7 heteroatoms. The highest BCUT2D eigenvalue weighted by Gasteiger charge is 2.25. The predicted molar refractivity (Wildman–Crippen MR) is 124 cm³/mol. The Morgan fingerprint density at radius 2 is 2.03 bits per heavy atom. The maximum Gasteiger partial charge on any atom is 0.191 e. The molecule has 1 aromatic heterocycles. The Morgan fingerprint density at radius 3 is 2.74 bits per heavy atom. The van der Waals surface area contributed by atoms with Crippen molar-refractivity contribution in [2.75, 3.05) is 46.5 Å². The molecule has 0 radical (unpaired) electrons. The van der Waals surface area contributed by atoms with Crippen LogP contribution in [0, 0.1) is 6.92 Å². The third-order valence-electron chi connectivity index (χ3n) is 5.50. The van der Waals surface area contributed by atoms with Gasteiger partial charge in [0, 0.05) is 32.3 Å². The lowest BCUT2D eigenvalue weighted by Crippen LogP contribution is -2.42.